The maximum absolute atomic E-state index is 13.0. The summed E-state index contributed by atoms with van der Waals surface area (Å²) in [5.41, 5.74) is 1.21. The van der Waals surface area contributed by atoms with Gasteiger partial charge in [-0.3, -0.25) is 19.4 Å². The van der Waals surface area contributed by atoms with Crippen molar-refractivity contribution in [3.63, 3.8) is 0 Å². The Morgan fingerprint density at radius 1 is 1.30 bits per heavy atom. The number of carbonyl (C=O) groups excluding carboxylic acids is 1. The quantitative estimate of drug-likeness (QED) is 0.672. The fraction of sp³-hybridized carbons (Fsp3) is 0.500. The largest absolute Gasteiger partial charge is 0.348 e. The van der Waals surface area contributed by atoms with E-state index >= 15 is 0 Å². The molecule has 154 valence electrons. The van der Waals surface area contributed by atoms with Gasteiger partial charge in [0, 0.05) is 37.6 Å². The molecule has 10 nitrogen and oxygen atoms in total. The van der Waals surface area contributed by atoms with Crippen LogP contribution in [0.25, 0.3) is 17.0 Å². The van der Waals surface area contributed by atoms with Gasteiger partial charge in [0.25, 0.3) is 5.91 Å². The summed E-state index contributed by atoms with van der Waals surface area (Å²) in [7, 11) is 0. The molecule has 0 bridgehead atoms. The number of aromatic nitrogens is 6. The summed E-state index contributed by atoms with van der Waals surface area (Å²) in [6.07, 6.45) is 10.4. The fourth-order valence-electron chi connectivity index (χ4n) is 4.50. The minimum atomic E-state index is -0.225. The van der Waals surface area contributed by atoms with E-state index in [-0.39, 0.29) is 23.1 Å². The van der Waals surface area contributed by atoms with Gasteiger partial charge in [-0.15, -0.1) is 0 Å². The molecule has 4 heterocycles. The molecule has 0 spiro atoms. The van der Waals surface area contributed by atoms with Crippen LogP contribution >= 0.6 is 0 Å². The molecule has 2 N–H and O–H groups in total. The summed E-state index contributed by atoms with van der Waals surface area (Å²) in [6, 6.07) is 3.02. The topological polar surface area (TPSA) is 128 Å². The van der Waals surface area contributed by atoms with Crippen molar-refractivity contribution in [1.29, 1.82) is 5.26 Å². The van der Waals surface area contributed by atoms with Crippen LogP contribution < -0.4 is 5.32 Å². The molecule has 3 aromatic rings. The number of nitrogens with zero attached hydrogens (tertiary/aromatic N) is 7. The van der Waals surface area contributed by atoms with Crippen LogP contribution in [0.15, 0.2) is 24.9 Å². The lowest BCUT2D eigenvalue weighted by atomic mass is 9.79. The zero-order valence-electron chi connectivity index (χ0n) is 16.7. The molecule has 0 radical (unpaired) electrons. The molecular formula is C20H23N9O. The molecule has 3 aromatic heterocycles. The second-order valence-electron chi connectivity index (χ2n) is 8.53. The van der Waals surface area contributed by atoms with Crippen LogP contribution in [-0.2, 0) is 0 Å². The smallest absolute Gasteiger partial charge is 0.272 e. The summed E-state index contributed by atoms with van der Waals surface area (Å²) < 4.78 is 1.66. The Hall–Kier alpha value is -3.32. The summed E-state index contributed by atoms with van der Waals surface area (Å²) in [5, 5.41) is 19.2. The molecule has 0 aromatic carbocycles. The van der Waals surface area contributed by atoms with Crippen molar-refractivity contribution < 1.29 is 4.79 Å². The number of nitrogens with one attached hydrogen (secondary N) is 2. The summed E-state index contributed by atoms with van der Waals surface area (Å²) in [5.74, 6) is 0.158. The second-order valence-corrected chi connectivity index (χ2v) is 8.53. The average molecular weight is 405 g/mol. The lowest BCUT2D eigenvalue weighted by Gasteiger charge is -2.49. The van der Waals surface area contributed by atoms with E-state index in [0.717, 1.165) is 38.8 Å². The first kappa shape index (κ1) is 18.7. The van der Waals surface area contributed by atoms with E-state index in [4.69, 9.17) is 0 Å². The molecule has 1 saturated carbocycles. The fourth-order valence-corrected chi connectivity index (χ4v) is 4.50. The van der Waals surface area contributed by atoms with E-state index in [2.05, 4.69) is 41.4 Å². The molecule has 10 heteroatoms. The third-order valence-corrected chi connectivity index (χ3v) is 6.16. The van der Waals surface area contributed by atoms with Gasteiger partial charge in [0.1, 0.15) is 17.4 Å². The molecule has 1 amide bonds. The van der Waals surface area contributed by atoms with Gasteiger partial charge in [-0.1, -0.05) is 0 Å². The van der Waals surface area contributed by atoms with Gasteiger partial charge in [0.05, 0.1) is 17.7 Å². The van der Waals surface area contributed by atoms with Crippen molar-refractivity contribution in [3.05, 3.63) is 30.6 Å². The van der Waals surface area contributed by atoms with Crippen molar-refractivity contribution in [2.24, 2.45) is 5.41 Å². The highest BCUT2D eigenvalue weighted by Gasteiger charge is 2.43. The minimum absolute atomic E-state index is 0.113. The number of nitriles is 1. The molecule has 5 rings (SSSR count). The number of carbonyl (C=O) groups is 1. The Kier molecular flexibility index (Phi) is 4.47. The predicted molar refractivity (Wildman–Crippen MR) is 108 cm³/mol. The number of hydrogen-bond acceptors (Lipinski definition) is 7. The van der Waals surface area contributed by atoms with Crippen molar-refractivity contribution in [1.82, 2.24) is 39.9 Å². The first-order valence-electron chi connectivity index (χ1n) is 10.2. The highest BCUT2D eigenvalue weighted by atomic mass is 16.2. The van der Waals surface area contributed by atoms with Crippen molar-refractivity contribution in [3.8, 4) is 12.0 Å². The minimum Gasteiger partial charge on any atom is -0.348 e. The van der Waals surface area contributed by atoms with Crippen molar-refractivity contribution in [2.45, 2.75) is 44.7 Å². The first-order valence-corrected chi connectivity index (χ1v) is 10.2. The van der Waals surface area contributed by atoms with Gasteiger partial charge in [0.15, 0.2) is 5.69 Å². The van der Waals surface area contributed by atoms with Crippen LogP contribution in [0.3, 0.4) is 0 Å². The zero-order valence-corrected chi connectivity index (χ0v) is 16.7. The lowest BCUT2D eigenvalue weighted by molar-refractivity contribution is 0.00181. The first-order chi connectivity index (χ1) is 14.5. The van der Waals surface area contributed by atoms with Gasteiger partial charge in [-0.25, -0.2) is 15.0 Å². The molecule has 2 fully saturated rings. The number of imidazole rings is 1. The summed E-state index contributed by atoms with van der Waals surface area (Å²) >= 11 is 0. The van der Waals surface area contributed by atoms with Crippen LogP contribution in [0.5, 0.6) is 0 Å². The van der Waals surface area contributed by atoms with Crippen LogP contribution in [0.1, 0.15) is 43.1 Å². The second kappa shape index (κ2) is 7.18. The SMILES string of the molecule is CC1(C#N)CN([C@H]2CC[C@H](NC(=O)c3nc(-n4ccnc4)nc4cn[nH]c34)CC2)C1. The monoisotopic (exact) mass is 405 g/mol. The van der Waals surface area contributed by atoms with Gasteiger partial charge in [-0.2, -0.15) is 10.4 Å². The number of H-pyrrole nitrogens is 1. The number of amides is 1. The third kappa shape index (κ3) is 3.31. The highest BCUT2D eigenvalue weighted by Crippen LogP contribution is 2.35. The maximum atomic E-state index is 13.0. The third-order valence-electron chi connectivity index (χ3n) is 6.16. The summed E-state index contributed by atoms with van der Waals surface area (Å²) in [6.45, 7) is 3.72. The van der Waals surface area contributed by atoms with Gasteiger partial charge >= 0.3 is 0 Å². The Balaban J connectivity index is 1.26. The van der Waals surface area contributed by atoms with E-state index in [1.165, 1.54) is 0 Å². The van der Waals surface area contributed by atoms with Gasteiger partial charge < -0.3 is 5.32 Å². The van der Waals surface area contributed by atoms with Crippen LogP contribution in [0, 0.1) is 16.7 Å². The van der Waals surface area contributed by atoms with E-state index in [0.29, 0.717) is 23.0 Å². The number of fused-ring (bicyclic) bond motifs is 1. The molecule has 1 saturated heterocycles. The van der Waals surface area contributed by atoms with Crippen LogP contribution in [0.2, 0.25) is 0 Å². The Bertz CT molecular complexity index is 1100. The summed E-state index contributed by atoms with van der Waals surface area (Å²) in [4.78, 5) is 28.4. The Morgan fingerprint density at radius 3 is 2.80 bits per heavy atom. The highest BCUT2D eigenvalue weighted by molar-refractivity contribution is 6.02. The number of hydrogen-bond donors (Lipinski definition) is 2. The van der Waals surface area contributed by atoms with E-state index in [1.54, 1.807) is 29.5 Å². The Morgan fingerprint density at radius 2 is 2.10 bits per heavy atom. The van der Waals surface area contributed by atoms with E-state index < -0.39 is 0 Å². The Labute approximate surface area is 173 Å². The normalized spacial score (nSPS) is 23.6. The van der Waals surface area contributed by atoms with Crippen molar-refractivity contribution >= 4 is 16.9 Å². The number of aromatic amines is 1. The van der Waals surface area contributed by atoms with E-state index in [1.807, 2.05) is 6.92 Å². The average Bonchev–Trinajstić information content (AvgIpc) is 3.43. The molecule has 30 heavy (non-hydrogen) atoms. The standard InChI is InChI=1S/C20H23N9O/c1-20(9-21)10-29(11-20)14-4-2-13(3-5-14)24-18(30)17-16-15(8-23-27-16)25-19(26-17)28-7-6-22-12-28/h6-8,12-14H,2-5,10-11H2,1H3,(H,23,27)(H,24,30)/t13-,14-. The lowest BCUT2D eigenvalue weighted by Crippen LogP contribution is -2.59. The molecular weight excluding hydrogens is 382 g/mol. The number of rotatable bonds is 4. The molecule has 0 unspecified atom stereocenters. The van der Waals surface area contributed by atoms with Crippen molar-refractivity contribution in [2.75, 3.05) is 13.1 Å². The predicted octanol–water partition coefficient (Wildman–Crippen LogP) is 1.43. The molecule has 0 atom stereocenters. The van der Waals surface area contributed by atoms with E-state index in [9.17, 15) is 10.1 Å². The molecule has 2 aliphatic rings. The van der Waals surface area contributed by atoms with Crippen LogP contribution in [-0.4, -0.2) is 65.7 Å². The molecule has 1 aliphatic carbocycles. The zero-order chi connectivity index (χ0) is 20.7. The van der Waals surface area contributed by atoms with Gasteiger partial charge in [-0.05, 0) is 32.6 Å². The van der Waals surface area contributed by atoms with Gasteiger partial charge in [0.2, 0.25) is 5.95 Å². The van der Waals surface area contributed by atoms with Crippen LogP contribution in [0.4, 0.5) is 0 Å². The molecule has 1 aliphatic heterocycles. The maximum Gasteiger partial charge on any atom is 0.272 e. The number of likely N-dealkylation sites (tertiary alicyclic amines) is 1.